The van der Waals surface area contributed by atoms with Gasteiger partial charge in [0.05, 0.1) is 37.2 Å². The normalized spacial score (nSPS) is 10.5. The van der Waals surface area contributed by atoms with Crippen LogP contribution in [0.4, 0.5) is 0 Å². The van der Waals surface area contributed by atoms with Gasteiger partial charge >= 0.3 is 5.97 Å². The van der Waals surface area contributed by atoms with Crippen LogP contribution in [0.1, 0.15) is 38.9 Å². The molecule has 0 atom stereocenters. The van der Waals surface area contributed by atoms with E-state index >= 15 is 0 Å². The predicted octanol–water partition coefficient (Wildman–Crippen LogP) is 2.29. The molecule has 1 aromatic carbocycles. The number of esters is 1. The second-order valence-corrected chi connectivity index (χ2v) is 6.55. The smallest absolute Gasteiger partial charge is 0.337 e. The summed E-state index contributed by atoms with van der Waals surface area (Å²) in [6.07, 6.45) is 2.14. The maximum absolute atomic E-state index is 13.0. The Hall–Kier alpha value is -3.75. The second kappa shape index (κ2) is 9.17. The van der Waals surface area contributed by atoms with Crippen molar-refractivity contribution >= 4 is 11.9 Å². The molecular formula is C21H23N5O4. The lowest BCUT2D eigenvalue weighted by Crippen LogP contribution is -2.27. The zero-order valence-electron chi connectivity index (χ0n) is 17.3. The minimum Gasteiger partial charge on any atom is -0.480 e. The molecule has 156 valence electrons. The molecule has 1 amide bonds. The van der Waals surface area contributed by atoms with Crippen molar-refractivity contribution in [1.82, 2.24) is 24.9 Å². The Balaban J connectivity index is 1.78. The summed E-state index contributed by atoms with van der Waals surface area (Å²) in [6.45, 7) is 2.34. The van der Waals surface area contributed by atoms with Crippen LogP contribution < -0.4 is 4.74 Å². The summed E-state index contributed by atoms with van der Waals surface area (Å²) in [5.41, 5.74) is 2.60. The summed E-state index contributed by atoms with van der Waals surface area (Å²) in [5, 5.41) is 12.4. The highest BCUT2D eigenvalue weighted by Crippen LogP contribution is 2.18. The van der Waals surface area contributed by atoms with E-state index in [1.807, 2.05) is 6.92 Å². The van der Waals surface area contributed by atoms with Crippen LogP contribution >= 0.6 is 0 Å². The van der Waals surface area contributed by atoms with E-state index in [1.165, 1.54) is 14.2 Å². The predicted molar refractivity (Wildman–Crippen MR) is 109 cm³/mol. The Labute approximate surface area is 174 Å². The fraction of sp³-hybridized carbons (Fsp3) is 0.286. The molecule has 0 N–H and O–H groups in total. The number of ether oxygens (including phenoxy) is 2. The number of amides is 1. The fourth-order valence-corrected chi connectivity index (χ4v) is 3.04. The first-order valence-corrected chi connectivity index (χ1v) is 9.36. The van der Waals surface area contributed by atoms with Crippen molar-refractivity contribution in [2.75, 3.05) is 21.3 Å². The van der Waals surface area contributed by atoms with E-state index in [4.69, 9.17) is 9.47 Å². The molecule has 3 rings (SSSR count). The van der Waals surface area contributed by atoms with Crippen molar-refractivity contribution in [2.45, 2.75) is 19.9 Å². The number of rotatable bonds is 7. The highest BCUT2D eigenvalue weighted by molar-refractivity contribution is 5.95. The molecule has 0 unspecified atom stereocenters. The first kappa shape index (κ1) is 21.0. The third-order valence-electron chi connectivity index (χ3n) is 4.63. The molecule has 30 heavy (non-hydrogen) atoms. The number of hydrogen-bond donors (Lipinski definition) is 0. The first-order valence-electron chi connectivity index (χ1n) is 9.36. The maximum Gasteiger partial charge on any atom is 0.337 e. The van der Waals surface area contributed by atoms with Gasteiger partial charge in [-0.3, -0.25) is 4.79 Å². The number of hydrogen-bond acceptors (Lipinski definition) is 7. The molecule has 2 heterocycles. The molecule has 0 bridgehead atoms. The van der Waals surface area contributed by atoms with Crippen LogP contribution in [0.15, 0.2) is 42.6 Å². The quantitative estimate of drug-likeness (QED) is 0.552. The van der Waals surface area contributed by atoms with Gasteiger partial charge in [-0.05, 0) is 30.2 Å². The molecule has 2 aromatic heterocycles. The summed E-state index contributed by atoms with van der Waals surface area (Å²) in [6, 6.07) is 10.4. The Bertz CT molecular complexity index is 1030. The molecule has 0 saturated carbocycles. The molecular weight excluding hydrogens is 386 g/mol. The zero-order valence-corrected chi connectivity index (χ0v) is 17.3. The van der Waals surface area contributed by atoms with Gasteiger partial charge in [-0.15, -0.1) is 10.2 Å². The molecule has 0 radical (unpaired) electrons. The number of carbonyl (C=O) groups is 2. The molecule has 0 aliphatic heterocycles. The third-order valence-corrected chi connectivity index (χ3v) is 4.63. The Morgan fingerprint density at radius 2 is 1.80 bits per heavy atom. The van der Waals surface area contributed by atoms with Crippen LogP contribution in [0.2, 0.25) is 0 Å². The number of aromatic nitrogens is 4. The van der Waals surface area contributed by atoms with E-state index < -0.39 is 5.97 Å². The SMILES string of the molecule is CCc1c(C(=O)N(C)Cc2ccc(C(=O)OC)cc2)cnn1-c1ccc(OC)nn1. The highest BCUT2D eigenvalue weighted by atomic mass is 16.5. The summed E-state index contributed by atoms with van der Waals surface area (Å²) in [7, 11) is 4.58. The van der Waals surface area contributed by atoms with Gasteiger partial charge in [0.2, 0.25) is 5.88 Å². The molecule has 0 aliphatic carbocycles. The minimum absolute atomic E-state index is 0.156. The first-order chi connectivity index (χ1) is 14.5. The van der Waals surface area contributed by atoms with E-state index in [0.717, 1.165) is 11.3 Å². The van der Waals surface area contributed by atoms with E-state index in [0.29, 0.717) is 35.8 Å². The molecule has 0 saturated heterocycles. The van der Waals surface area contributed by atoms with Gasteiger partial charge in [0, 0.05) is 19.7 Å². The molecule has 3 aromatic rings. The highest BCUT2D eigenvalue weighted by Gasteiger charge is 2.21. The van der Waals surface area contributed by atoms with Crippen molar-refractivity contribution < 1.29 is 19.1 Å². The van der Waals surface area contributed by atoms with Crippen LogP contribution in [-0.2, 0) is 17.7 Å². The van der Waals surface area contributed by atoms with E-state index in [-0.39, 0.29) is 5.91 Å². The Kier molecular flexibility index (Phi) is 6.41. The fourth-order valence-electron chi connectivity index (χ4n) is 3.04. The lowest BCUT2D eigenvalue weighted by atomic mass is 10.1. The van der Waals surface area contributed by atoms with Gasteiger partial charge in [0.1, 0.15) is 0 Å². The van der Waals surface area contributed by atoms with Gasteiger partial charge in [-0.25, -0.2) is 9.48 Å². The number of nitrogens with zero attached hydrogens (tertiary/aromatic N) is 5. The van der Waals surface area contributed by atoms with Crippen LogP contribution in [0, 0.1) is 0 Å². The standard InChI is InChI=1S/C21H23N5O4/c1-5-17-16(12-22-26(17)18-10-11-19(29-3)24-23-18)20(27)25(2)13-14-6-8-15(9-7-14)21(28)30-4/h6-12H,5,13H2,1-4H3. The van der Waals surface area contributed by atoms with E-state index in [9.17, 15) is 9.59 Å². The van der Waals surface area contributed by atoms with Crippen molar-refractivity contribution in [2.24, 2.45) is 0 Å². The number of benzene rings is 1. The van der Waals surface area contributed by atoms with E-state index in [1.54, 1.807) is 59.2 Å². The van der Waals surface area contributed by atoms with Crippen molar-refractivity contribution in [1.29, 1.82) is 0 Å². The van der Waals surface area contributed by atoms with Crippen LogP contribution in [0.25, 0.3) is 5.82 Å². The topological polar surface area (TPSA) is 99.4 Å². The van der Waals surface area contributed by atoms with Gasteiger partial charge in [-0.2, -0.15) is 5.10 Å². The molecule has 9 heteroatoms. The van der Waals surface area contributed by atoms with Crippen molar-refractivity contribution in [3.63, 3.8) is 0 Å². The largest absolute Gasteiger partial charge is 0.480 e. The number of carbonyl (C=O) groups excluding carboxylic acids is 2. The van der Waals surface area contributed by atoms with Gasteiger partial charge in [0.25, 0.3) is 5.91 Å². The number of methoxy groups -OCH3 is 2. The summed E-state index contributed by atoms with van der Waals surface area (Å²) >= 11 is 0. The molecule has 9 nitrogen and oxygen atoms in total. The van der Waals surface area contributed by atoms with Gasteiger partial charge < -0.3 is 14.4 Å². The van der Waals surface area contributed by atoms with Crippen molar-refractivity contribution in [3.8, 4) is 11.7 Å². The lowest BCUT2D eigenvalue weighted by molar-refractivity contribution is 0.0600. The van der Waals surface area contributed by atoms with Gasteiger partial charge in [-0.1, -0.05) is 19.1 Å². The maximum atomic E-state index is 13.0. The summed E-state index contributed by atoms with van der Waals surface area (Å²) in [5.74, 6) is 0.357. The van der Waals surface area contributed by atoms with Crippen LogP contribution in [0.3, 0.4) is 0 Å². The average molecular weight is 409 g/mol. The summed E-state index contributed by atoms with van der Waals surface area (Å²) in [4.78, 5) is 26.2. The Morgan fingerprint density at radius 1 is 1.07 bits per heavy atom. The minimum atomic E-state index is -0.396. The van der Waals surface area contributed by atoms with Crippen LogP contribution in [0.5, 0.6) is 5.88 Å². The van der Waals surface area contributed by atoms with Gasteiger partial charge in [0.15, 0.2) is 5.82 Å². The molecule has 0 aliphatic rings. The second-order valence-electron chi connectivity index (χ2n) is 6.55. The molecule has 0 fully saturated rings. The Morgan fingerprint density at radius 3 is 2.37 bits per heavy atom. The zero-order chi connectivity index (χ0) is 21.7. The monoisotopic (exact) mass is 409 g/mol. The van der Waals surface area contributed by atoms with Crippen LogP contribution in [-0.4, -0.2) is 58.0 Å². The summed E-state index contributed by atoms with van der Waals surface area (Å²) < 4.78 is 11.3. The van der Waals surface area contributed by atoms with Crippen molar-refractivity contribution in [3.05, 3.63) is 65.0 Å². The van der Waals surface area contributed by atoms with E-state index in [2.05, 4.69) is 15.3 Å². The molecule has 0 spiro atoms. The lowest BCUT2D eigenvalue weighted by Gasteiger charge is -2.17. The average Bonchev–Trinajstić information content (AvgIpc) is 3.22. The third kappa shape index (κ3) is 4.29.